The molecule has 2 aromatic rings. The molecular weight excluding hydrogens is 371 g/mol. The molecule has 6 nitrogen and oxygen atoms in total. The van der Waals surface area contributed by atoms with E-state index in [2.05, 4.69) is 38.2 Å². The van der Waals surface area contributed by atoms with E-state index in [0.717, 1.165) is 9.26 Å². The summed E-state index contributed by atoms with van der Waals surface area (Å²) in [6, 6.07) is 7.52. The summed E-state index contributed by atoms with van der Waals surface area (Å²) >= 11 is 2.16. The summed E-state index contributed by atoms with van der Waals surface area (Å²) in [5.41, 5.74) is 0.129. The molecule has 1 amide bonds. The summed E-state index contributed by atoms with van der Waals surface area (Å²) in [7, 11) is 0. The van der Waals surface area contributed by atoms with Crippen LogP contribution < -0.4 is 5.32 Å². The van der Waals surface area contributed by atoms with Crippen LogP contribution in [-0.2, 0) is 16.9 Å². The fourth-order valence-corrected chi connectivity index (χ4v) is 2.08. The van der Waals surface area contributed by atoms with Crippen LogP contribution in [0.3, 0.4) is 0 Å². The normalized spacial score (nSPS) is 11.4. The number of anilines is 1. The van der Waals surface area contributed by atoms with E-state index < -0.39 is 5.60 Å². The first-order valence-corrected chi connectivity index (χ1v) is 7.11. The molecule has 7 heteroatoms. The Hall–Kier alpha value is -1.48. The Morgan fingerprint density at radius 1 is 1.45 bits per heavy atom. The number of nitrogens with zero attached hydrogens (tertiary/aromatic N) is 3. The highest BCUT2D eigenvalue weighted by molar-refractivity contribution is 14.1. The Balaban J connectivity index is 2.02. The molecule has 1 aromatic heterocycles. The van der Waals surface area contributed by atoms with E-state index in [9.17, 15) is 9.90 Å². The molecule has 2 N–H and O–H groups in total. The van der Waals surface area contributed by atoms with Crippen LogP contribution in [0.5, 0.6) is 0 Å². The SMILES string of the molecule is CC(C)(O)c1cn(CC(=O)Nc2ccccc2I)nn1. The van der Waals surface area contributed by atoms with Gasteiger partial charge < -0.3 is 10.4 Å². The smallest absolute Gasteiger partial charge is 0.246 e. The molecule has 0 unspecified atom stereocenters. The highest BCUT2D eigenvalue weighted by Crippen LogP contribution is 2.17. The summed E-state index contributed by atoms with van der Waals surface area (Å²) in [5, 5.41) is 20.3. The minimum absolute atomic E-state index is 0.0497. The molecule has 1 aromatic carbocycles. The van der Waals surface area contributed by atoms with Crippen molar-refractivity contribution >= 4 is 34.2 Å². The van der Waals surface area contributed by atoms with Gasteiger partial charge in [-0.3, -0.25) is 4.79 Å². The van der Waals surface area contributed by atoms with E-state index in [1.54, 1.807) is 20.0 Å². The van der Waals surface area contributed by atoms with Crippen LogP contribution >= 0.6 is 22.6 Å². The number of carbonyl (C=O) groups excluding carboxylic acids is 1. The maximum Gasteiger partial charge on any atom is 0.246 e. The summed E-state index contributed by atoms with van der Waals surface area (Å²) in [5.74, 6) is -0.193. The van der Waals surface area contributed by atoms with Gasteiger partial charge in [-0.1, -0.05) is 17.3 Å². The minimum atomic E-state index is -1.07. The molecule has 0 fully saturated rings. The van der Waals surface area contributed by atoms with E-state index in [1.807, 2.05) is 24.3 Å². The average molecular weight is 386 g/mol. The standard InChI is InChI=1S/C13H15IN4O2/c1-13(2,20)11-7-18(17-16-11)8-12(19)15-10-6-4-3-5-9(10)14/h3-7,20H,8H2,1-2H3,(H,15,19). The number of benzene rings is 1. The van der Waals surface area contributed by atoms with Crippen molar-refractivity contribution in [3.63, 3.8) is 0 Å². The van der Waals surface area contributed by atoms with E-state index >= 15 is 0 Å². The number of nitrogens with one attached hydrogen (secondary N) is 1. The van der Waals surface area contributed by atoms with Crippen LogP contribution in [0, 0.1) is 3.57 Å². The van der Waals surface area contributed by atoms with Gasteiger partial charge in [0.1, 0.15) is 17.8 Å². The quantitative estimate of drug-likeness (QED) is 0.785. The topological polar surface area (TPSA) is 80.0 Å². The molecule has 1 heterocycles. The van der Waals surface area contributed by atoms with Gasteiger partial charge in [-0.05, 0) is 48.6 Å². The zero-order valence-corrected chi connectivity index (χ0v) is 13.3. The fraction of sp³-hybridized carbons (Fsp3) is 0.308. The lowest BCUT2D eigenvalue weighted by atomic mass is 10.1. The first-order chi connectivity index (χ1) is 9.36. The summed E-state index contributed by atoms with van der Waals surface area (Å²) in [6.07, 6.45) is 1.57. The van der Waals surface area contributed by atoms with E-state index in [-0.39, 0.29) is 12.5 Å². The van der Waals surface area contributed by atoms with Crippen LogP contribution in [0.2, 0.25) is 0 Å². The highest BCUT2D eigenvalue weighted by Gasteiger charge is 2.20. The molecular formula is C13H15IN4O2. The zero-order valence-electron chi connectivity index (χ0n) is 11.2. The van der Waals surface area contributed by atoms with E-state index in [0.29, 0.717) is 5.69 Å². The second-order valence-electron chi connectivity index (χ2n) is 4.89. The number of para-hydroxylation sites is 1. The van der Waals surface area contributed by atoms with Crippen molar-refractivity contribution in [3.8, 4) is 0 Å². The number of aliphatic hydroxyl groups is 1. The Kier molecular flexibility index (Phi) is 4.39. The second kappa shape index (κ2) is 5.88. The summed E-state index contributed by atoms with van der Waals surface area (Å²) in [4.78, 5) is 11.9. The molecule has 20 heavy (non-hydrogen) atoms. The minimum Gasteiger partial charge on any atom is -0.384 e. The van der Waals surface area contributed by atoms with Gasteiger partial charge in [-0.25, -0.2) is 4.68 Å². The molecule has 0 aliphatic heterocycles. The molecule has 0 saturated heterocycles. The number of carbonyl (C=O) groups is 1. The maximum absolute atomic E-state index is 11.9. The van der Waals surface area contributed by atoms with E-state index in [1.165, 1.54) is 4.68 Å². The van der Waals surface area contributed by atoms with Crippen LogP contribution in [0.15, 0.2) is 30.5 Å². The highest BCUT2D eigenvalue weighted by atomic mass is 127. The van der Waals surface area contributed by atoms with Crippen molar-refractivity contribution in [2.24, 2.45) is 0 Å². The van der Waals surface area contributed by atoms with Crippen LogP contribution in [-0.4, -0.2) is 26.0 Å². The second-order valence-corrected chi connectivity index (χ2v) is 6.05. The molecule has 0 aliphatic carbocycles. The van der Waals surface area contributed by atoms with Crippen LogP contribution in [0.1, 0.15) is 19.5 Å². The molecule has 0 spiro atoms. The van der Waals surface area contributed by atoms with Gasteiger partial charge in [-0.15, -0.1) is 5.10 Å². The Morgan fingerprint density at radius 2 is 2.15 bits per heavy atom. The Morgan fingerprint density at radius 3 is 2.75 bits per heavy atom. The summed E-state index contributed by atoms with van der Waals surface area (Å²) < 4.78 is 2.37. The van der Waals surface area contributed by atoms with Crippen LogP contribution in [0.4, 0.5) is 5.69 Å². The number of hydrogen-bond acceptors (Lipinski definition) is 4. The zero-order chi connectivity index (χ0) is 14.8. The number of hydrogen-bond donors (Lipinski definition) is 2. The van der Waals surface area contributed by atoms with Crippen molar-refractivity contribution in [1.82, 2.24) is 15.0 Å². The van der Waals surface area contributed by atoms with Crippen molar-refractivity contribution in [2.75, 3.05) is 5.32 Å². The molecule has 0 radical (unpaired) electrons. The number of aromatic nitrogens is 3. The molecule has 0 aliphatic rings. The monoisotopic (exact) mass is 386 g/mol. The first kappa shape index (κ1) is 14.9. The molecule has 2 rings (SSSR count). The summed E-state index contributed by atoms with van der Waals surface area (Å²) in [6.45, 7) is 3.29. The lowest BCUT2D eigenvalue weighted by molar-refractivity contribution is -0.116. The van der Waals surface area contributed by atoms with Gasteiger partial charge in [0.05, 0.1) is 11.9 Å². The third-order valence-electron chi connectivity index (χ3n) is 2.62. The predicted octanol–water partition coefficient (Wildman–Crippen LogP) is 1.75. The van der Waals surface area contributed by atoms with Crippen molar-refractivity contribution in [3.05, 3.63) is 39.7 Å². The lowest BCUT2D eigenvalue weighted by Crippen LogP contribution is -2.20. The van der Waals surface area contributed by atoms with Crippen molar-refractivity contribution < 1.29 is 9.90 Å². The molecule has 0 atom stereocenters. The average Bonchev–Trinajstić information content (AvgIpc) is 2.80. The Labute approximate surface area is 130 Å². The first-order valence-electron chi connectivity index (χ1n) is 6.03. The number of rotatable bonds is 4. The van der Waals surface area contributed by atoms with Gasteiger partial charge >= 0.3 is 0 Å². The van der Waals surface area contributed by atoms with Crippen molar-refractivity contribution in [2.45, 2.75) is 26.0 Å². The van der Waals surface area contributed by atoms with Gasteiger partial charge in [0.2, 0.25) is 5.91 Å². The Bertz CT molecular complexity index is 619. The number of halogens is 1. The third kappa shape index (κ3) is 3.76. The maximum atomic E-state index is 11.9. The predicted molar refractivity (Wildman–Crippen MR) is 83.1 cm³/mol. The van der Waals surface area contributed by atoms with Crippen LogP contribution in [0.25, 0.3) is 0 Å². The third-order valence-corrected chi connectivity index (χ3v) is 3.56. The van der Waals surface area contributed by atoms with Gasteiger partial charge in [0.25, 0.3) is 0 Å². The van der Waals surface area contributed by atoms with Gasteiger partial charge in [0, 0.05) is 3.57 Å². The largest absolute Gasteiger partial charge is 0.384 e. The fourth-order valence-electron chi connectivity index (χ4n) is 1.56. The number of amides is 1. The van der Waals surface area contributed by atoms with Gasteiger partial charge in [0.15, 0.2) is 0 Å². The molecule has 106 valence electrons. The molecule has 0 bridgehead atoms. The van der Waals surface area contributed by atoms with Gasteiger partial charge in [-0.2, -0.15) is 0 Å². The molecule has 0 saturated carbocycles. The van der Waals surface area contributed by atoms with Crippen molar-refractivity contribution in [1.29, 1.82) is 0 Å². The lowest BCUT2D eigenvalue weighted by Gasteiger charge is -2.11. The van der Waals surface area contributed by atoms with E-state index in [4.69, 9.17) is 0 Å².